The van der Waals surface area contributed by atoms with E-state index in [1.54, 1.807) is 11.8 Å². The molecule has 0 amide bonds. The lowest BCUT2D eigenvalue weighted by molar-refractivity contribution is 0.638. The van der Waals surface area contributed by atoms with E-state index in [1.807, 2.05) is 6.07 Å². The van der Waals surface area contributed by atoms with E-state index in [9.17, 15) is 0 Å². The van der Waals surface area contributed by atoms with Gasteiger partial charge in [0.15, 0.2) is 0 Å². The van der Waals surface area contributed by atoms with Crippen molar-refractivity contribution in [1.29, 1.82) is 0 Å². The second-order valence-corrected chi connectivity index (χ2v) is 4.73. The van der Waals surface area contributed by atoms with Crippen LogP contribution < -0.4 is 10.9 Å². The molecule has 0 saturated carbocycles. The molecule has 1 unspecified atom stereocenters. The predicted molar refractivity (Wildman–Crippen MR) is 60.4 cm³/mol. The summed E-state index contributed by atoms with van der Waals surface area (Å²) >= 11 is 6.67. The van der Waals surface area contributed by atoms with Crippen LogP contribution in [0.2, 0.25) is 0 Å². The Morgan fingerprint density at radius 3 is 2.69 bits per heavy atom. The minimum Gasteiger partial charge on any atom is -0.306 e. The van der Waals surface area contributed by atoms with Crippen LogP contribution in [0.5, 0.6) is 0 Å². The molecule has 2 rings (SSSR count). The van der Waals surface area contributed by atoms with Crippen molar-refractivity contribution in [2.45, 2.75) is 11.8 Å². The van der Waals surface area contributed by atoms with Gasteiger partial charge in [-0.05, 0) is 12.0 Å². The molecule has 1 atom stereocenters. The maximum Gasteiger partial charge on any atom is 0.149 e. The summed E-state index contributed by atoms with van der Waals surface area (Å²) in [4.78, 5) is 0. The topological polar surface area (TPSA) is 24.1 Å². The van der Waals surface area contributed by atoms with Gasteiger partial charge in [0.25, 0.3) is 0 Å². The van der Waals surface area contributed by atoms with Gasteiger partial charge < -0.3 is 5.43 Å². The van der Waals surface area contributed by atoms with E-state index in [4.69, 9.17) is 12.2 Å². The maximum absolute atomic E-state index is 5.00. The van der Waals surface area contributed by atoms with E-state index in [1.165, 1.54) is 5.56 Å². The third kappa shape index (κ3) is 2.43. The minimum absolute atomic E-state index is 0.370. The van der Waals surface area contributed by atoms with Crippen molar-refractivity contribution in [3.8, 4) is 0 Å². The highest BCUT2D eigenvalue weighted by atomic mass is 32.2. The fourth-order valence-electron chi connectivity index (χ4n) is 1.25. The molecule has 0 aromatic heterocycles. The molecule has 4 heteroatoms. The molecule has 1 aliphatic rings. The van der Waals surface area contributed by atoms with Crippen molar-refractivity contribution in [3.05, 3.63) is 35.9 Å². The molecule has 1 saturated heterocycles. The molecule has 13 heavy (non-hydrogen) atoms. The Bertz CT molecular complexity index is 300. The Balaban J connectivity index is 1.96. The molecule has 0 bridgehead atoms. The molecule has 2 N–H and O–H groups in total. The van der Waals surface area contributed by atoms with Crippen LogP contribution in [0.4, 0.5) is 0 Å². The summed E-state index contributed by atoms with van der Waals surface area (Å²) in [6.07, 6.45) is 0.999. The number of thioether (sulfide) groups is 1. The predicted octanol–water partition coefficient (Wildman–Crippen LogP) is 1.68. The number of hydrogen-bond acceptors (Lipinski definition) is 3. The first-order chi connectivity index (χ1) is 6.34. The van der Waals surface area contributed by atoms with Gasteiger partial charge in [0.05, 0.1) is 5.37 Å². The van der Waals surface area contributed by atoms with Gasteiger partial charge in [-0.3, -0.25) is 0 Å². The largest absolute Gasteiger partial charge is 0.306 e. The molecule has 1 aromatic carbocycles. The third-order valence-corrected chi connectivity index (χ3v) is 3.12. The smallest absolute Gasteiger partial charge is 0.149 e. The Morgan fingerprint density at radius 2 is 2.08 bits per heavy atom. The second-order valence-electron chi connectivity index (χ2n) is 2.85. The zero-order valence-electron chi connectivity index (χ0n) is 6.99. The van der Waals surface area contributed by atoms with Crippen LogP contribution in [0.25, 0.3) is 0 Å². The summed E-state index contributed by atoms with van der Waals surface area (Å²) in [6, 6.07) is 10.4. The van der Waals surface area contributed by atoms with Crippen molar-refractivity contribution in [3.63, 3.8) is 0 Å². The van der Waals surface area contributed by atoms with Gasteiger partial charge in [0, 0.05) is 0 Å². The van der Waals surface area contributed by atoms with E-state index < -0.39 is 0 Å². The molecule has 68 valence electrons. The fourth-order valence-corrected chi connectivity index (χ4v) is 2.43. The maximum atomic E-state index is 5.00. The van der Waals surface area contributed by atoms with Crippen molar-refractivity contribution < 1.29 is 0 Å². The summed E-state index contributed by atoms with van der Waals surface area (Å²) in [5, 5.41) is 0.370. The third-order valence-electron chi connectivity index (χ3n) is 1.85. The van der Waals surface area contributed by atoms with Crippen LogP contribution in [0, 0.1) is 0 Å². The van der Waals surface area contributed by atoms with Gasteiger partial charge in [-0.15, -0.1) is 0 Å². The average molecular weight is 210 g/mol. The zero-order valence-corrected chi connectivity index (χ0v) is 8.62. The molecule has 0 radical (unpaired) electrons. The van der Waals surface area contributed by atoms with Gasteiger partial charge >= 0.3 is 0 Å². The van der Waals surface area contributed by atoms with Gasteiger partial charge in [-0.1, -0.05) is 54.3 Å². The van der Waals surface area contributed by atoms with Crippen LogP contribution in [0.15, 0.2) is 30.3 Å². The van der Waals surface area contributed by atoms with E-state index in [-0.39, 0.29) is 0 Å². The normalized spacial score (nSPS) is 21.5. The lowest BCUT2D eigenvalue weighted by Gasteiger charge is -2.06. The average Bonchev–Trinajstić information content (AvgIpc) is 2.53. The summed E-state index contributed by atoms with van der Waals surface area (Å²) in [7, 11) is 0. The van der Waals surface area contributed by atoms with Gasteiger partial charge in [-0.2, -0.15) is 0 Å². The molecule has 1 aromatic rings. The Kier molecular flexibility index (Phi) is 2.83. The highest BCUT2D eigenvalue weighted by Crippen LogP contribution is 2.18. The first-order valence-corrected chi connectivity index (χ1v) is 5.39. The summed E-state index contributed by atoms with van der Waals surface area (Å²) in [5.41, 5.74) is 7.39. The Labute approximate surface area is 87.1 Å². The molecular formula is C9H10N2S2. The lowest BCUT2D eigenvalue weighted by Crippen LogP contribution is -2.31. The molecule has 1 aliphatic heterocycles. The van der Waals surface area contributed by atoms with Crippen molar-refractivity contribution in [1.82, 2.24) is 10.9 Å². The second kappa shape index (κ2) is 4.09. The van der Waals surface area contributed by atoms with Gasteiger partial charge in [-0.25, -0.2) is 5.43 Å². The van der Waals surface area contributed by atoms with Gasteiger partial charge in [0.2, 0.25) is 0 Å². The zero-order chi connectivity index (χ0) is 9.10. The van der Waals surface area contributed by atoms with Crippen molar-refractivity contribution in [2.24, 2.45) is 0 Å². The fraction of sp³-hybridized carbons (Fsp3) is 0.222. The summed E-state index contributed by atoms with van der Waals surface area (Å²) in [5.74, 6) is 0. The summed E-state index contributed by atoms with van der Waals surface area (Å²) in [6.45, 7) is 0. The number of hydrogen-bond donors (Lipinski definition) is 2. The lowest BCUT2D eigenvalue weighted by atomic mass is 10.1. The highest BCUT2D eigenvalue weighted by molar-refractivity contribution is 8.23. The molecule has 0 spiro atoms. The van der Waals surface area contributed by atoms with Crippen LogP contribution in [-0.4, -0.2) is 9.69 Å². The first kappa shape index (κ1) is 8.99. The minimum atomic E-state index is 0.370. The highest BCUT2D eigenvalue weighted by Gasteiger charge is 2.18. The SMILES string of the molecule is S=C1NNC(Cc2ccccc2)S1. The number of nitrogens with one attached hydrogen (secondary N) is 2. The van der Waals surface area contributed by atoms with E-state index in [0.717, 1.165) is 10.7 Å². The van der Waals surface area contributed by atoms with Crippen molar-refractivity contribution >= 4 is 28.3 Å². The summed E-state index contributed by atoms with van der Waals surface area (Å²) < 4.78 is 0.834. The van der Waals surface area contributed by atoms with E-state index in [2.05, 4.69) is 35.1 Å². The number of rotatable bonds is 2. The van der Waals surface area contributed by atoms with Crippen LogP contribution in [0.3, 0.4) is 0 Å². The molecule has 1 fully saturated rings. The number of thiocarbonyl (C=S) groups is 1. The Morgan fingerprint density at radius 1 is 1.31 bits per heavy atom. The van der Waals surface area contributed by atoms with Gasteiger partial charge in [0.1, 0.15) is 4.32 Å². The number of benzene rings is 1. The van der Waals surface area contributed by atoms with Crippen LogP contribution in [-0.2, 0) is 6.42 Å². The molecular weight excluding hydrogens is 200 g/mol. The number of hydrazine groups is 1. The Hall–Kier alpha value is -0.580. The molecule has 1 heterocycles. The first-order valence-electron chi connectivity index (χ1n) is 4.11. The molecule has 0 aliphatic carbocycles. The molecule has 2 nitrogen and oxygen atoms in total. The monoisotopic (exact) mass is 210 g/mol. The quantitative estimate of drug-likeness (QED) is 0.725. The van der Waals surface area contributed by atoms with E-state index in [0.29, 0.717) is 5.37 Å². The van der Waals surface area contributed by atoms with Crippen LogP contribution in [0.1, 0.15) is 5.56 Å². The standard InChI is InChI=1S/C9H10N2S2/c12-9-11-10-8(13-9)6-7-4-2-1-3-5-7/h1-5,8,10H,6H2,(H,11,12). The van der Waals surface area contributed by atoms with Crippen molar-refractivity contribution in [2.75, 3.05) is 0 Å². The van der Waals surface area contributed by atoms with E-state index >= 15 is 0 Å². The van der Waals surface area contributed by atoms with Crippen LogP contribution >= 0.6 is 24.0 Å².